The van der Waals surface area contributed by atoms with E-state index in [-0.39, 0.29) is 17.6 Å². The van der Waals surface area contributed by atoms with Crippen molar-refractivity contribution in [1.29, 1.82) is 0 Å². The average Bonchev–Trinajstić information content (AvgIpc) is 2.87. The third kappa shape index (κ3) is 2.80. The molecule has 0 aromatic rings. The summed E-state index contributed by atoms with van der Waals surface area (Å²) in [6.07, 6.45) is 7.54. The van der Waals surface area contributed by atoms with E-state index in [4.69, 9.17) is 10.5 Å². The van der Waals surface area contributed by atoms with Gasteiger partial charge < -0.3 is 15.8 Å². The van der Waals surface area contributed by atoms with Crippen LogP contribution in [0, 0.1) is 0 Å². The van der Waals surface area contributed by atoms with Gasteiger partial charge in [0, 0.05) is 6.54 Å². The number of nitrogens with one attached hydrogen (secondary N) is 1. The molecule has 1 aliphatic carbocycles. The fourth-order valence-corrected chi connectivity index (χ4v) is 2.88. The van der Waals surface area contributed by atoms with Crippen LogP contribution >= 0.6 is 0 Å². The maximum atomic E-state index is 11.2. The molecule has 3 N–H and O–H groups in total. The first-order valence-corrected chi connectivity index (χ1v) is 6.66. The van der Waals surface area contributed by atoms with E-state index in [2.05, 4.69) is 5.32 Å². The van der Waals surface area contributed by atoms with Crippen LogP contribution < -0.4 is 11.1 Å². The molecule has 1 atom stereocenters. The molecule has 0 radical (unpaired) electrons. The zero-order valence-corrected chi connectivity index (χ0v) is 10.9. The van der Waals surface area contributed by atoms with E-state index in [1.807, 2.05) is 13.8 Å². The number of nitrogens with two attached hydrogens (primary N) is 1. The number of amides is 1. The van der Waals surface area contributed by atoms with Crippen LogP contribution in [-0.4, -0.2) is 29.7 Å². The number of rotatable bonds is 4. The van der Waals surface area contributed by atoms with Gasteiger partial charge in [0.2, 0.25) is 5.91 Å². The minimum atomic E-state index is -0.644. The van der Waals surface area contributed by atoms with E-state index in [1.165, 1.54) is 32.1 Å². The molecule has 2 aliphatic rings. The van der Waals surface area contributed by atoms with Crippen molar-refractivity contribution < 1.29 is 9.53 Å². The third-order valence-electron chi connectivity index (χ3n) is 4.24. The number of hydrogen-bond acceptors (Lipinski definition) is 3. The fraction of sp³-hybridized carbons (Fsp3) is 0.923. The summed E-state index contributed by atoms with van der Waals surface area (Å²) in [7, 11) is 0. The van der Waals surface area contributed by atoms with Crippen molar-refractivity contribution in [2.75, 3.05) is 6.54 Å². The minimum absolute atomic E-state index is 0.170. The number of carbonyl (C=O) groups excluding carboxylic acids is 1. The van der Waals surface area contributed by atoms with E-state index in [0.29, 0.717) is 0 Å². The summed E-state index contributed by atoms with van der Waals surface area (Å²) in [6, 6.07) is 0. The molecule has 4 nitrogen and oxygen atoms in total. The van der Waals surface area contributed by atoms with Crippen molar-refractivity contribution in [1.82, 2.24) is 5.32 Å². The predicted octanol–water partition coefficient (Wildman–Crippen LogP) is 1.33. The van der Waals surface area contributed by atoms with E-state index in [0.717, 1.165) is 13.0 Å². The number of hydrogen-bond donors (Lipinski definition) is 2. The molecule has 0 aromatic carbocycles. The van der Waals surface area contributed by atoms with Crippen molar-refractivity contribution in [3.8, 4) is 0 Å². The van der Waals surface area contributed by atoms with Gasteiger partial charge in [0.15, 0.2) is 0 Å². The Labute approximate surface area is 103 Å². The molecule has 1 heterocycles. The van der Waals surface area contributed by atoms with Crippen molar-refractivity contribution in [2.24, 2.45) is 5.73 Å². The van der Waals surface area contributed by atoms with Crippen molar-refractivity contribution in [3.05, 3.63) is 0 Å². The van der Waals surface area contributed by atoms with Crippen LogP contribution in [0.4, 0.5) is 0 Å². The summed E-state index contributed by atoms with van der Waals surface area (Å²) in [5.74, 6) is -0.314. The molecule has 4 heteroatoms. The maximum absolute atomic E-state index is 11.2. The van der Waals surface area contributed by atoms with Crippen molar-refractivity contribution in [3.63, 3.8) is 0 Å². The molecular formula is C13H24N2O2. The highest BCUT2D eigenvalue weighted by Crippen LogP contribution is 2.43. The quantitative estimate of drug-likeness (QED) is 0.779. The second-order valence-electron chi connectivity index (χ2n) is 6.04. The summed E-state index contributed by atoms with van der Waals surface area (Å²) in [5.41, 5.74) is 4.85. The van der Waals surface area contributed by atoms with Crippen LogP contribution in [-0.2, 0) is 9.53 Å². The van der Waals surface area contributed by atoms with Crippen LogP contribution in [0.2, 0.25) is 0 Å². The Hall–Kier alpha value is -0.610. The SMILES string of the molecule is CC(C)(NCC1CCC2(CCCC2)O1)C(N)=O. The molecule has 2 fully saturated rings. The van der Waals surface area contributed by atoms with Crippen LogP contribution in [0.1, 0.15) is 52.4 Å². The zero-order valence-electron chi connectivity index (χ0n) is 10.9. The Morgan fingerprint density at radius 3 is 2.65 bits per heavy atom. The number of carbonyl (C=O) groups is 1. The predicted molar refractivity (Wildman–Crippen MR) is 66.6 cm³/mol. The Kier molecular flexibility index (Phi) is 3.46. The van der Waals surface area contributed by atoms with Gasteiger partial charge >= 0.3 is 0 Å². The van der Waals surface area contributed by atoms with Crippen molar-refractivity contribution >= 4 is 5.91 Å². The van der Waals surface area contributed by atoms with Crippen LogP contribution in [0.25, 0.3) is 0 Å². The standard InChI is InChI=1S/C13H24N2O2/c1-12(2,11(14)16)15-9-10-5-8-13(17-10)6-3-4-7-13/h10,15H,3-9H2,1-2H3,(H2,14,16). The van der Waals surface area contributed by atoms with Crippen LogP contribution in [0.15, 0.2) is 0 Å². The monoisotopic (exact) mass is 240 g/mol. The topological polar surface area (TPSA) is 64.3 Å². The molecule has 1 unspecified atom stereocenters. The van der Waals surface area contributed by atoms with Gasteiger partial charge in [-0.15, -0.1) is 0 Å². The van der Waals surface area contributed by atoms with Gasteiger partial charge in [-0.2, -0.15) is 0 Å². The molecule has 1 saturated heterocycles. The first-order valence-electron chi connectivity index (χ1n) is 6.66. The summed E-state index contributed by atoms with van der Waals surface area (Å²) in [4.78, 5) is 11.2. The molecule has 1 spiro atoms. The molecule has 17 heavy (non-hydrogen) atoms. The summed E-state index contributed by atoms with van der Waals surface area (Å²) < 4.78 is 6.17. The summed E-state index contributed by atoms with van der Waals surface area (Å²) in [5, 5.41) is 3.21. The number of ether oxygens (including phenoxy) is 1. The highest BCUT2D eigenvalue weighted by atomic mass is 16.5. The van der Waals surface area contributed by atoms with Gasteiger partial charge in [-0.1, -0.05) is 12.8 Å². The lowest BCUT2D eigenvalue weighted by Gasteiger charge is -2.27. The van der Waals surface area contributed by atoms with E-state index in [1.54, 1.807) is 0 Å². The largest absolute Gasteiger partial charge is 0.370 e. The molecule has 98 valence electrons. The Morgan fingerprint density at radius 2 is 2.06 bits per heavy atom. The third-order valence-corrected chi connectivity index (χ3v) is 4.24. The first kappa shape index (κ1) is 12.8. The van der Waals surface area contributed by atoms with Gasteiger partial charge in [-0.25, -0.2) is 0 Å². The van der Waals surface area contributed by atoms with E-state index in [9.17, 15) is 4.79 Å². The molecule has 1 amide bonds. The lowest BCUT2D eigenvalue weighted by molar-refractivity contribution is -0.123. The average molecular weight is 240 g/mol. The van der Waals surface area contributed by atoms with E-state index < -0.39 is 5.54 Å². The van der Waals surface area contributed by atoms with E-state index >= 15 is 0 Å². The zero-order chi connectivity index (χ0) is 12.5. The minimum Gasteiger partial charge on any atom is -0.370 e. The van der Waals surface area contributed by atoms with Gasteiger partial charge in [-0.05, 0) is 39.5 Å². The Balaban J connectivity index is 1.80. The Bertz CT molecular complexity index is 296. The second kappa shape index (κ2) is 4.58. The molecule has 2 rings (SSSR count). The van der Waals surface area contributed by atoms with Gasteiger partial charge in [0.05, 0.1) is 17.2 Å². The highest BCUT2D eigenvalue weighted by Gasteiger charge is 2.42. The number of primary amides is 1. The van der Waals surface area contributed by atoms with Gasteiger partial charge in [-0.3, -0.25) is 4.79 Å². The molecular weight excluding hydrogens is 216 g/mol. The van der Waals surface area contributed by atoms with Crippen LogP contribution in [0.5, 0.6) is 0 Å². The molecule has 1 aliphatic heterocycles. The Morgan fingerprint density at radius 1 is 1.41 bits per heavy atom. The maximum Gasteiger partial charge on any atom is 0.237 e. The first-order chi connectivity index (χ1) is 7.94. The second-order valence-corrected chi connectivity index (χ2v) is 6.04. The lowest BCUT2D eigenvalue weighted by atomic mass is 9.98. The molecule has 0 aromatic heterocycles. The fourth-order valence-electron chi connectivity index (χ4n) is 2.88. The molecule has 0 bridgehead atoms. The van der Waals surface area contributed by atoms with Gasteiger partial charge in [0.25, 0.3) is 0 Å². The van der Waals surface area contributed by atoms with Crippen LogP contribution in [0.3, 0.4) is 0 Å². The summed E-state index contributed by atoms with van der Waals surface area (Å²) in [6.45, 7) is 4.35. The highest BCUT2D eigenvalue weighted by molar-refractivity contribution is 5.83. The smallest absolute Gasteiger partial charge is 0.237 e. The van der Waals surface area contributed by atoms with Crippen molar-refractivity contribution in [2.45, 2.75) is 69.6 Å². The summed E-state index contributed by atoms with van der Waals surface area (Å²) >= 11 is 0. The lowest BCUT2D eigenvalue weighted by Crippen LogP contribution is -2.52. The normalized spacial score (nSPS) is 27.8. The van der Waals surface area contributed by atoms with Gasteiger partial charge in [0.1, 0.15) is 0 Å². The molecule has 1 saturated carbocycles.